The van der Waals surface area contributed by atoms with Crippen molar-refractivity contribution >= 4 is 23.0 Å². The van der Waals surface area contributed by atoms with E-state index in [1.54, 1.807) is 0 Å². The minimum Gasteiger partial charge on any atom is -0.380 e. The molecule has 3 fully saturated rings. The Hall–Kier alpha value is -2.61. The summed E-state index contributed by atoms with van der Waals surface area (Å²) in [5.41, 5.74) is 4.92. The molecule has 32 heavy (non-hydrogen) atoms. The molecule has 5 rings (SSSR count). The van der Waals surface area contributed by atoms with E-state index < -0.39 is 0 Å². The highest BCUT2D eigenvalue weighted by Crippen LogP contribution is 2.40. The van der Waals surface area contributed by atoms with Gasteiger partial charge >= 0.3 is 0 Å². The Kier molecular flexibility index (Phi) is 6.04. The van der Waals surface area contributed by atoms with Gasteiger partial charge in [-0.05, 0) is 49.0 Å². The second-order valence-corrected chi connectivity index (χ2v) is 9.57. The second kappa shape index (κ2) is 9.10. The van der Waals surface area contributed by atoms with Crippen LogP contribution in [0.1, 0.15) is 5.56 Å². The predicted molar refractivity (Wildman–Crippen MR) is 127 cm³/mol. The average molecular weight is 436 g/mol. The minimum atomic E-state index is 0.0924. The summed E-state index contributed by atoms with van der Waals surface area (Å²) in [5.74, 6) is 0.0924. The van der Waals surface area contributed by atoms with Gasteiger partial charge < -0.3 is 25.2 Å². The first-order valence-electron chi connectivity index (χ1n) is 11.5. The van der Waals surface area contributed by atoms with Crippen molar-refractivity contribution in [1.29, 1.82) is 0 Å². The normalized spacial score (nSPS) is 20.5. The Morgan fingerprint density at radius 3 is 2.16 bits per heavy atom. The maximum Gasteiger partial charge on any atom is 0.234 e. The molecular formula is C25H33N5O2. The fraction of sp³-hybridized carbons (Fsp3) is 0.480. The number of hydrogen-bond acceptors (Lipinski definition) is 6. The van der Waals surface area contributed by atoms with Crippen molar-refractivity contribution in [2.45, 2.75) is 6.54 Å². The summed E-state index contributed by atoms with van der Waals surface area (Å²) in [7, 11) is 2.12. The van der Waals surface area contributed by atoms with E-state index in [0.717, 1.165) is 69.4 Å². The molecule has 0 bridgehead atoms. The smallest absolute Gasteiger partial charge is 0.234 e. The summed E-state index contributed by atoms with van der Waals surface area (Å²) in [6, 6.07) is 16.9. The molecule has 2 aromatic rings. The van der Waals surface area contributed by atoms with Crippen LogP contribution in [0, 0.1) is 5.41 Å². The summed E-state index contributed by atoms with van der Waals surface area (Å²) in [5, 5.41) is 6.50. The standard InChI is InChI=1S/C25H33N5O2/c1-28-10-12-29(13-11-28)15-24(31)26-14-20-2-4-21(5-3-20)27-22-6-8-23(9-7-22)30-16-25(17-30)18-32-19-25/h2-9,27H,10-19H2,1H3,(H,26,31). The van der Waals surface area contributed by atoms with Crippen LogP contribution in [0.4, 0.5) is 17.1 Å². The van der Waals surface area contributed by atoms with E-state index in [2.05, 4.69) is 80.9 Å². The van der Waals surface area contributed by atoms with Crippen molar-refractivity contribution < 1.29 is 9.53 Å². The van der Waals surface area contributed by atoms with Crippen molar-refractivity contribution in [3.8, 4) is 0 Å². The number of rotatable bonds is 7. The average Bonchev–Trinajstić information content (AvgIpc) is 2.74. The maximum atomic E-state index is 12.2. The molecule has 0 radical (unpaired) electrons. The number of anilines is 3. The molecule has 0 atom stereocenters. The SMILES string of the molecule is CN1CCN(CC(=O)NCc2ccc(Nc3ccc(N4CC5(COC5)C4)cc3)cc2)CC1. The lowest BCUT2D eigenvalue weighted by molar-refractivity contribution is -0.127. The van der Waals surface area contributed by atoms with Crippen LogP contribution in [0.25, 0.3) is 0 Å². The van der Waals surface area contributed by atoms with Gasteiger partial charge in [0.05, 0.1) is 25.2 Å². The Morgan fingerprint density at radius 1 is 0.938 bits per heavy atom. The maximum absolute atomic E-state index is 12.2. The number of piperazine rings is 1. The summed E-state index contributed by atoms with van der Waals surface area (Å²) in [6.07, 6.45) is 0. The summed E-state index contributed by atoms with van der Waals surface area (Å²) < 4.78 is 5.36. The molecule has 7 heteroatoms. The third kappa shape index (κ3) is 4.90. The Bertz CT molecular complexity index is 910. The van der Waals surface area contributed by atoms with Crippen molar-refractivity contribution in [3.63, 3.8) is 0 Å². The lowest BCUT2D eigenvalue weighted by Crippen LogP contribution is -2.66. The number of ether oxygens (including phenoxy) is 1. The highest BCUT2D eigenvalue weighted by molar-refractivity contribution is 5.78. The van der Waals surface area contributed by atoms with Crippen molar-refractivity contribution in [3.05, 3.63) is 54.1 Å². The number of hydrogen-bond donors (Lipinski definition) is 2. The molecule has 2 aromatic carbocycles. The number of carbonyl (C=O) groups is 1. The number of nitrogens with one attached hydrogen (secondary N) is 2. The molecule has 2 N–H and O–H groups in total. The molecule has 1 spiro atoms. The summed E-state index contributed by atoms with van der Waals surface area (Å²) in [4.78, 5) is 19.2. The monoisotopic (exact) mass is 435 g/mol. The highest BCUT2D eigenvalue weighted by atomic mass is 16.5. The first-order valence-corrected chi connectivity index (χ1v) is 11.5. The van der Waals surface area contributed by atoms with Crippen LogP contribution in [0.2, 0.25) is 0 Å². The molecule has 3 aliphatic heterocycles. The van der Waals surface area contributed by atoms with Gasteiger partial charge in [-0.1, -0.05) is 12.1 Å². The van der Waals surface area contributed by atoms with Crippen LogP contribution in [0.5, 0.6) is 0 Å². The number of carbonyl (C=O) groups excluding carboxylic acids is 1. The Morgan fingerprint density at radius 2 is 1.56 bits per heavy atom. The highest BCUT2D eigenvalue weighted by Gasteiger charge is 2.48. The third-order valence-electron chi connectivity index (χ3n) is 6.80. The molecule has 0 saturated carbocycles. The quantitative estimate of drug-likeness (QED) is 0.695. The zero-order valence-electron chi connectivity index (χ0n) is 18.8. The zero-order valence-corrected chi connectivity index (χ0v) is 18.8. The minimum absolute atomic E-state index is 0.0924. The molecule has 3 heterocycles. The van der Waals surface area contributed by atoms with Crippen LogP contribution < -0.4 is 15.5 Å². The number of benzene rings is 2. The van der Waals surface area contributed by atoms with Gasteiger partial charge in [0, 0.05) is 62.9 Å². The van der Waals surface area contributed by atoms with Gasteiger partial charge in [0.25, 0.3) is 0 Å². The lowest BCUT2D eigenvalue weighted by Gasteiger charge is -2.56. The van der Waals surface area contributed by atoms with E-state index in [9.17, 15) is 4.79 Å². The molecule has 0 aromatic heterocycles. The second-order valence-electron chi connectivity index (χ2n) is 9.57. The topological polar surface area (TPSA) is 60.1 Å². The van der Waals surface area contributed by atoms with Gasteiger partial charge in [-0.15, -0.1) is 0 Å². The van der Waals surface area contributed by atoms with Crippen LogP contribution in [0.15, 0.2) is 48.5 Å². The lowest BCUT2D eigenvalue weighted by atomic mass is 9.78. The van der Waals surface area contributed by atoms with Gasteiger partial charge in [0.15, 0.2) is 0 Å². The zero-order chi connectivity index (χ0) is 22.0. The van der Waals surface area contributed by atoms with E-state index >= 15 is 0 Å². The van der Waals surface area contributed by atoms with Crippen LogP contribution in [-0.2, 0) is 16.1 Å². The van der Waals surface area contributed by atoms with Gasteiger partial charge in [-0.3, -0.25) is 9.69 Å². The van der Waals surface area contributed by atoms with Gasteiger partial charge in [-0.2, -0.15) is 0 Å². The fourth-order valence-electron chi connectivity index (χ4n) is 4.61. The predicted octanol–water partition coefficient (Wildman–Crippen LogP) is 2.13. The molecular weight excluding hydrogens is 402 g/mol. The van der Waals surface area contributed by atoms with Crippen molar-refractivity contribution in [2.75, 3.05) is 76.3 Å². The van der Waals surface area contributed by atoms with E-state index in [1.165, 1.54) is 5.69 Å². The molecule has 1 amide bonds. The van der Waals surface area contributed by atoms with Crippen LogP contribution in [0.3, 0.4) is 0 Å². The van der Waals surface area contributed by atoms with Crippen LogP contribution in [-0.4, -0.2) is 81.8 Å². The third-order valence-corrected chi connectivity index (χ3v) is 6.80. The first-order chi connectivity index (χ1) is 15.6. The molecule has 3 aliphatic rings. The Balaban J connectivity index is 1.06. The van der Waals surface area contributed by atoms with Gasteiger partial charge in [-0.25, -0.2) is 0 Å². The van der Waals surface area contributed by atoms with E-state index in [0.29, 0.717) is 18.5 Å². The van der Waals surface area contributed by atoms with E-state index in [4.69, 9.17) is 4.74 Å². The Labute approximate surface area is 190 Å². The van der Waals surface area contributed by atoms with Crippen molar-refractivity contribution in [2.24, 2.45) is 5.41 Å². The molecule has 170 valence electrons. The molecule has 0 unspecified atom stereocenters. The fourth-order valence-corrected chi connectivity index (χ4v) is 4.61. The molecule has 7 nitrogen and oxygen atoms in total. The first kappa shape index (κ1) is 21.2. The van der Waals surface area contributed by atoms with Crippen LogP contribution >= 0.6 is 0 Å². The van der Waals surface area contributed by atoms with E-state index in [-0.39, 0.29) is 5.91 Å². The summed E-state index contributed by atoms with van der Waals surface area (Å²) in [6.45, 7) is 9.05. The number of likely N-dealkylation sites (N-methyl/N-ethyl adjacent to an activating group) is 1. The molecule has 3 saturated heterocycles. The molecule has 0 aliphatic carbocycles. The van der Waals surface area contributed by atoms with Crippen molar-refractivity contribution in [1.82, 2.24) is 15.1 Å². The van der Waals surface area contributed by atoms with Gasteiger partial charge in [0.2, 0.25) is 5.91 Å². The number of amides is 1. The summed E-state index contributed by atoms with van der Waals surface area (Å²) >= 11 is 0. The largest absolute Gasteiger partial charge is 0.380 e. The van der Waals surface area contributed by atoms with Gasteiger partial charge in [0.1, 0.15) is 0 Å². The number of nitrogens with zero attached hydrogens (tertiary/aromatic N) is 3. The van der Waals surface area contributed by atoms with E-state index in [1.807, 2.05) is 0 Å².